The lowest BCUT2D eigenvalue weighted by Crippen LogP contribution is -2.49. The number of nitrogens with zero attached hydrogens (tertiary/aromatic N) is 3. The number of alkyl halides is 3. The molecule has 19 heavy (non-hydrogen) atoms. The molecule has 0 spiro atoms. The Morgan fingerprint density at radius 1 is 1.26 bits per heavy atom. The summed E-state index contributed by atoms with van der Waals surface area (Å²) in [5.41, 5.74) is 6.25. The Bertz CT molecular complexity index is 444. The molecule has 1 fully saturated rings. The van der Waals surface area contributed by atoms with Gasteiger partial charge in [0.25, 0.3) is 0 Å². The summed E-state index contributed by atoms with van der Waals surface area (Å²) in [5, 5.41) is 0.442. The van der Waals surface area contributed by atoms with Crippen molar-refractivity contribution >= 4 is 23.1 Å². The average Bonchev–Trinajstić information content (AvgIpc) is 2.28. The van der Waals surface area contributed by atoms with Crippen LogP contribution >= 0.6 is 11.6 Å². The Morgan fingerprint density at radius 3 is 2.42 bits per heavy atom. The standard InChI is InChI=1S/C11H14ClF3N4/c12-8-5-9(16)10(17-6-8)19-3-1-18(2-4-19)7-11(13,14)15/h5-6H,1-4,7,16H2. The van der Waals surface area contributed by atoms with Gasteiger partial charge in [0, 0.05) is 32.4 Å². The first-order chi connectivity index (χ1) is 8.85. The number of hydrogen-bond acceptors (Lipinski definition) is 4. The molecule has 8 heteroatoms. The van der Waals surface area contributed by atoms with Crippen LogP contribution in [0, 0.1) is 0 Å². The summed E-state index contributed by atoms with van der Waals surface area (Å²) in [7, 11) is 0. The number of piperazine rings is 1. The summed E-state index contributed by atoms with van der Waals surface area (Å²) in [6.45, 7) is 0.737. The molecule has 1 saturated heterocycles. The molecule has 0 atom stereocenters. The van der Waals surface area contributed by atoms with Crippen LogP contribution in [0.1, 0.15) is 0 Å². The van der Waals surface area contributed by atoms with E-state index in [1.165, 1.54) is 11.1 Å². The molecule has 0 aliphatic carbocycles. The highest BCUT2D eigenvalue weighted by molar-refractivity contribution is 6.30. The fourth-order valence-corrected chi connectivity index (χ4v) is 2.25. The molecule has 0 unspecified atom stereocenters. The highest BCUT2D eigenvalue weighted by Gasteiger charge is 2.32. The Hall–Kier alpha value is -1.21. The van der Waals surface area contributed by atoms with E-state index >= 15 is 0 Å². The van der Waals surface area contributed by atoms with Crippen LogP contribution in [0.3, 0.4) is 0 Å². The molecule has 4 nitrogen and oxygen atoms in total. The van der Waals surface area contributed by atoms with E-state index in [0.717, 1.165) is 0 Å². The van der Waals surface area contributed by atoms with E-state index in [1.54, 1.807) is 6.07 Å². The molecular weight excluding hydrogens is 281 g/mol. The topological polar surface area (TPSA) is 45.4 Å². The largest absolute Gasteiger partial charge is 0.401 e. The van der Waals surface area contributed by atoms with Crippen LogP contribution in [0.25, 0.3) is 0 Å². The lowest BCUT2D eigenvalue weighted by Gasteiger charge is -2.36. The number of anilines is 2. The zero-order valence-corrected chi connectivity index (χ0v) is 10.9. The second kappa shape index (κ2) is 5.42. The third kappa shape index (κ3) is 3.87. The van der Waals surface area contributed by atoms with E-state index in [2.05, 4.69) is 4.98 Å². The first kappa shape index (κ1) is 14.2. The minimum absolute atomic E-state index is 0.337. The van der Waals surface area contributed by atoms with Gasteiger partial charge in [-0.2, -0.15) is 13.2 Å². The van der Waals surface area contributed by atoms with Crippen molar-refractivity contribution in [1.29, 1.82) is 0 Å². The van der Waals surface area contributed by atoms with Crippen LogP contribution in [0.5, 0.6) is 0 Å². The van der Waals surface area contributed by atoms with Gasteiger partial charge in [0.05, 0.1) is 17.3 Å². The molecule has 2 N–H and O–H groups in total. The summed E-state index contributed by atoms with van der Waals surface area (Å²) in [6.07, 6.45) is -2.67. The van der Waals surface area contributed by atoms with Crippen molar-refractivity contribution in [3.05, 3.63) is 17.3 Å². The summed E-state index contributed by atoms with van der Waals surface area (Å²) >= 11 is 5.76. The number of pyridine rings is 1. The minimum Gasteiger partial charge on any atom is -0.396 e. The lowest BCUT2D eigenvalue weighted by atomic mass is 10.3. The quantitative estimate of drug-likeness (QED) is 0.906. The minimum atomic E-state index is -4.15. The molecule has 106 valence electrons. The summed E-state index contributed by atoms with van der Waals surface area (Å²) in [6, 6.07) is 1.59. The first-order valence-electron chi connectivity index (χ1n) is 5.80. The fourth-order valence-electron chi connectivity index (χ4n) is 2.08. The van der Waals surface area contributed by atoms with E-state index in [0.29, 0.717) is 42.7 Å². The van der Waals surface area contributed by atoms with Gasteiger partial charge in [-0.15, -0.1) is 0 Å². The van der Waals surface area contributed by atoms with Crippen molar-refractivity contribution in [3.63, 3.8) is 0 Å². The van der Waals surface area contributed by atoms with E-state index in [-0.39, 0.29) is 0 Å². The highest BCUT2D eigenvalue weighted by atomic mass is 35.5. The normalized spacial score (nSPS) is 17.8. The molecule has 2 rings (SSSR count). The molecule has 1 aliphatic rings. The average molecular weight is 295 g/mol. The number of hydrogen-bond donors (Lipinski definition) is 1. The number of nitrogen functional groups attached to an aromatic ring is 1. The monoisotopic (exact) mass is 294 g/mol. The van der Waals surface area contributed by atoms with Gasteiger partial charge < -0.3 is 10.6 Å². The Morgan fingerprint density at radius 2 is 1.89 bits per heavy atom. The molecule has 0 saturated carbocycles. The Labute approximate surface area is 113 Å². The van der Waals surface area contributed by atoms with Gasteiger partial charge >= 0.3 is 6.18 Å². The van der Waals surface area contributed by atoms with Crippen molar-refractivity contribution in [2.45, 2.75) is 6.18 Å². The van der Waals surface area contributed by atoms with Crippen LogP contribution < -0.4 is 10.6 Å². The highest BCUT2D eigenvalue weighted by Crippen LogP contribution is 2.25. The van der Waals surface area contributed by atoms with Crippen molar-refractivity contribution in [1.82, 2.24) is 9.88 Å². The second-order valence-electron chi connectivity index (χ2n) is 4.44. The summed E-state index contributed by atoms with van der Waals surface area (Å²) < 4.78 is 36.8. The zero-order valence-electron chi connectivity index (χ0n) is 10.1. The van der Waals surface area contributed by atoms with Crippen LogP contribution in [-0.4, -0.2) is 48.8 Å². The van der Waals surface area contributed by atoms with E-state index in [4.69, 9.17) is 17.3 Å². The number of nitrogens with two attached hydrogens (primary N) is 1. The molecular formula is C11H14ClF3N4. The van der Waals surface area contributed by atoms with Gasteiger partial charge in [-0.25, -0.2) is 4.98 Å². The molecule has 0 aromatic carbocycles. The van der Waals surface area contributed by atoms with Crippen LogP contribution in [0.2, 0.25) is 5.02 Å². The van der Waals surface area contributed by atoms with Crippen molar-refractivity contribution < 1.29 is 13.2 Å². The maximum atomic E-state index is 12.3. The van der Waals surface area contributed by atoms with Gasteiger partial charge in [-0.3, -0.25) is 4.90 Å². The maximum Gasteiger partial charge on any atom is 0.401 e. The second-order valence-corrected chi connectivity index (χ2v) is 4.88. The predicted octanol–water partition coefficient (Wildman–Crippen LogP) is 2.00. The molecule has 0 amide bonds. The first-order valence-corrected chi connectivity index (χ1v) is 6.18. The van der Waals surface area contributed by atoms with Crippen LogP contribution in [0.15, 0.2) is 12.3 Å². The number of halogens is 4. The smallest absolute Gasteiger partial charge is 0.396 e. The van der Waals surface area contributed by atoms with Crippen molar-refractivity contribution in [3.8, 4) is 0 Å². The van der Waals surface area contributed by atoms with Gasteiger partial charge in [0.15, 0.2) is 5.82 Å². The van der Waals surface area contributed by atoms with E-state index in [9.17, 15) is 13.2 Å². The third-order valence-corrected chi connectivity index (χ3v) is 3.14. The van der Waals surface area contributed by atoms with Crippen molar-refractivity contribution in [2.75, 3.05) is 43.4 Å². The van der Waals surface area contributed by atoms with Crippen LogP contribution in [-0.2, 0) is 0 Å². The molecule has 1 aromatic rings. The van der Waals surface area contributed by atoms with E-state index < -0.39 is 12.7 Å². The number of aromatic nitrogens is 1. The maximum absolute atomic E-state index is 12.3. The molecule has 0 radical (unpaired) electrons. The molecule has 0 bridgehead atoms. The lowest BCUT2D eigenvalue weighted by molar-refractivity contribution is -0.146. The van der Waals surface area contributed by atoms with Crippen molar-refractivity contribution in [2.24, 2.45) is 0 Å². The summed E-state index contributed by atoms with van der Waals surface area (Å²) in [4.78, 5) is 7.38. The predicted molar refractivity (Wildman–Crippen MR) is 68.4 cm³/mol. The van der Waals surface area contributed by atoms with Gasteiger partial charge in [-0.05, 0) is 6.07 Å². The molecule has 2 heterocycles. The van der Waals surface area contributed by atoms with E-state index in [1.807, 2.05) is 4.90 Å². The van der Waals surface area contributed by atoms with Gasteiger partial charge in [0.2, 0.25) is 0 Å². The summed E-state index contributed by atoms with van der Waals surface area (Å²) in [5.74, 6) is 0.580. The number of rotatable bonds is 2. The molecule has 1 aliphatic heterocycles. The Balaban J connectivity index is 1.96. The van der Waals surface area contributed by atoms with Crippen LogP contribution in [0.4, 0.5) is 24.7 Å². The SMILES string of the molecule is Nc1cc(Cl)cnc1N1CCN(CC(F)(F)F)CC1. The zero-order chi connectivity index (χ0) is 14.0. The third-order valence-electron chi connectivity index (χ3n) is 2.94. The Kier molecular flexibility index (Phi) is 4.05. The van der Waals surface area contributed by atoms with Gasteiger partial charge in [-0.1, -0.05) is 11.6 Å². The molecule has 1 aromatic heterocycles. The fraction of sp³-hybridized carbons (Fsp3) is 0.545. The van der Waals surface area contributed by atoms with Gasteiger partial charge in [0.1, 0.15) is 0 Å².